The third-order valence-electron chi connectivity index (χ3n) is 2.80. The highest BCUT2D eigenvalue weighted by Crippen LogP contribution is 2.21. The Balaban J connectivity index is 2.36. The molecule has 6 nitrogen and oxygen atoms in total. The van der Waals surface area contributed by atoms with Gasteiger partial charge >= 0.3 is 5.97 Å². The molecule has 0 radical (unpaired) electrons. The molecule has 0 saturated heterocycles. The van der Waals surface area contributed by atoms with Gasteiger partial charge in [0.1, 0.15) is 5.69 Å². The monoisotopic (exact) mass is 259 g/mol. The van der Waals surface area contributed by atoms with Gasteiger partial charge in [0.25, 0.3) is 5.91 Å². The third kappa shape index (κ3) is 2.47. The second-order valence-electron chi connectivity index (χ2n) is 4.10. The third-order valence-corrected chi connectivity index (χ3v) is 2.80. The molecule has 0 aliphatic heterocycles. The van der Waals surface area contributed by atoms with Gasteiger partial charge in [-0.3, -0.25) is 9.48 Å². The van der Waals surface area contributed by atoms with Crippen LogP contribution in [0.4, 0.5) is 5.69 Å². The van der Waals surface area contributed by atoms with Crippen LogP contribution in [0.5, 0.6) is 0 Å². The van der Waals surface area contributed by atoms with Gasteiger partial charge in [0.2, 0.25) is 0 Å². The van der Waals surface area contributed by atoms with Gasteiger partial charge in [-0.05, 0) is 24.6 Å². The molecule has 98 valence electrons. The van der Waals surface area contributed by atoms with E-state index in [1.807, 2.05) is 0 Å². The number of benzene rings is 1. The molecule has 19 heavy (non-hydrogen) atoms. The Morgan fingerprint density at radius 3 is 2.63 bits per heavy atom. The molecule has 0 unspecified atom stereocenters. The number of anilines is 1. The van der Waals surface area contributed by atoms with Crippen molar-refractivity contribution in [2.45, 2.75) is 6.92 Å². The van der Waals surface area contributed by atoms with Crippen LogP contribution >= 0.6 is 0 Å². The first-order chi connectivity index (χ1) is 9.00. The Hall–Kier alpha value is -2.63. The SMILES string of the molecule is Cc1cccc(C(=O)O)c1NC(=O)c1ccnn1C. The van der Waals surface area contributed by atoms with Crippen LogP contribution in [0.3, 0.4) is 0 Å². The fourth-order valence-electron chi connectivity index (χ4n) is 1.79. The molecule has 1 aromatic heterocycles. The van der Waals surface area contributed by atoms with Crippen molar-refractivity contribution < 1.29 is 14.7 Å². The van der Waals surface area contributed by atoms with Crippen LogP contribution in [0.2, 0.25) is 0 Å². The van der Waals surface area contributed by atoms with Crippen molar-refractivity contribution in [1.82, 2.24) is 9.78 Å². The lowest BCUT2D eigenvalue weighted by Crippen LogP contribution is -2.18. The summed E-state index contributed by atoms with van der Waals surface area (Å²) >= 11 is 0. The van der Waals surface area contributed by atoms with E-state index in [0.29, 0.717) is 16.9 Å². The molecule has 6 heteroatoms. The predicted octanol–water partition coefficient (Wildman–Crippen LogP) is 1.68. The molecule has 0 atom stereocenters. The zero-order chi connectivity index (χ0) is 14.0. The first kappa shape index (κ1) is 12.8. The Morgan fingerprint density at radius 1 is 1.32 bits per heavy atom. The largest absolute Gasteiger partial charge is 0.478 e. The van der Waals surface area contributed by atoms with Crippen LogP contribution in [-0.4, -0.2) is 26.8 Å². The van der Waals surface area contributed by atoms with Gasteiger partial charge in [-0.1, -0.05) is 12.1 Å². The number of para-hydroxylation sites is 1. The van der Waals surface area contributed by atoms with E-state index >= 15 is 0 Å². The van der Waals surface area contributed by atoms with E-state index in [4.69, 9.17) is 5.11 Å². The quantitative estimate of drug-likeness (QED) is 0.878. The van der Waals surface area contributed by atoms with Gasteiger partial charge < -0.3 is 10.4 Å². The van der Waals surface area contributed by atoms with Gasteiger partial charge in [-0.15, -0.1) is 0 Å². The van der Waals surface area contributed by atoms with Crippen molar-refractivity contribution in [1.29, 1.82) is 0 Å². The number of amides is 1. The van der Waals surface area contributed by atoms with Crippen molar-refractivity contribution in [2.75, 3.05) is 5.32 Å². The summed E-state index contributed by atoms with van der Waals surface area (Å²) in [5, 5.41) is 15.6. The Bertz CT molecular complexity index is 646. The highest BCUT2D eigenvalue weighted by molar-refractivity contribution is 6.07. The van der Waals surface area contributed by atoms with Gasteiger partial charge in [0.05, 0.1) is 11.3 Å². The van der Waals surface area contributed by atoms with Gasteiger partial charge in [0.15, 0.2) is 0 Å². The number of aryl methyl sites for hydroxylation is 2. The number of hydrogen-bond donors (Lipinski definition) is 2. The lowest BCUT2D eigenvalue weighted by atomic mass is 10.1. The smallest absolute Gasteiger partial charge is 0.337 e. The first-order valence-electron chi connectivity index (χ1n) is 5.63. The van der Waals surface area contributed by atoms with Crippen LogP contribution in [0.15, 0.2) is 30.5 Å². The molecule has 2 aromatic rings. The number of aromatic nitrogens is 2. The van der Waals surface area contributed by atoms with Gasteiger partial charge in [0, 0.05) is 13.2 Å². The molecule has 0 bridgehead atoms. The topological polar surface area (TPSA) is 84.2 Å². The highest BCUT2D eigenvalue weighted by atomic mass is 16.4. The molecule has 0 aliphatic carbocycles. The number of nitrogens with one attached hydrogen (secondary N) is 1. The second-order valence-corrected chi connectivity index (χ2v) is 4.10. The minimum atomic E-state index is -1.08. The summed E-state index contributed by atoms with van der Waals surface area (Å²) in [4.78, 5) is 23.2. The maximum absolute atomic E-state index is 12.1. The molecule has 1 heterocycles. The van der Waals surface area contributed by atoms with Crippen LogP contribution in [0, 0.1) is 6.92 Å². The summed E-state index contributed by atoms with van der Waals surface area (Å²) in [6, 6.07) is 6.39. The second kappa shape index (κ2) is 4.93. The number of carbonyl (C=O) groups excluding carboxylic acids is 1. The van der Waals surface area contributed by atoms with Crippen LogP contribution in [-0.2, 0) is 7.05 Å². The number of hydrogen-bond acceptors (Lipinski definition) is 3. The van der Waals surface area contributed by atoms with E-state index < -0.39 is 11.9 Å². The molecule has 1 amide bonds. The van der Waals surface area contributed by atoms with E-state index in [-0.39, 0.29) is 5.56 Å². The number of carboxylic acids is 1. The first-order valence-corrected chi connectivity index (χ1v) is 5.63. The standard InChI is InChI=1S/C13H13N3O3/c1-8-4-3-5-9(13(18)19)11(8)15-12(17)10-6-7-14-16(10)2/h3-7H,1-2H3,(H,15,17)(H,18,19). The molecule has 1 aromatic carbocycles. The van der Waals surface area contributed by atoms with Crippen LogP contribution < -0.4 is 5.32 Å². The number of aromatic carboxylic acids is 1. The summed E-state index contributed by atoms with van der Waals surface area (Å²) in [5.74, 6) is -1.47. The van der Waals surface area contributed by atoms with E-state index in [9.17, 15) is 9.59 Å². The average Bonchev–Trinajstić information content (AvgIpc) is 2.77. The predicted molar refractivity (Wildman–Crippen MR) is 69.3 cm³/mol. The molecule has 0 aliphatic rings. The summed E-state index contributed by atoms with van der Waals surface area (Å²) in [5.41, 5.74) is 1.42. The molecular weight excluding hydrogens is 246 g/mol. The Morgan fingerprint density at radius 2 is 2.05 bits per heavy atom. The maximum Gasteiger partial charge on any atom is 0.337 e. The van der Waals surface area contributed by atoms with Gasteiger partial charge in [-0.25, -0.2) is 4.79 Å². The number of carbonyl (C=O) groups is 2. The zero-order valence-electron chi connectivity index (χ0n) is 10.5. The molecule has 2 N–H and O–H groups in total. The fraction of sp³-hybridized carbons (Fsp3) is 0.154. The zero-order valence-corrected chi connectivity index (χ0v) is 10.5. The number of nitrogens with zero attached hydrogens (tertiary/aromatic N) is 2. The van der Waals surface area contributed by atoms with E-state index in [2.05, 4.69) is 10.4 Å². The van der Waals surface area contributed by atoms with Crippen molar-refractivity contribution in [2.24, 2.45) is 7.05 Å². The maximum atomic E-state index is 12.1. The Labute approximate surface area is 109 Å². The van der Waals surface area contributed by atoms with Crippen molar-refractivity contribution >= 4 is 17.6 Å². The van der Waals surface area contributed by atoms with Crippen LogP contribution in [0.1, 0.15) is 26.4 Å². The van der Waals surface area contributed by atoms with Crippen molar-refractivity contribution in [3.05, 3.63) is 47.3 Å². The molecular formula is C13H13N3O3. The molecule has 0 saturated carbocycles. The van der Waals surface area contributed by atoms with Crippen molar-refractivity contribution in [3.63, 3.8) is 0 Å². The minimum absolute atomic E-state index is 0.0653. The highest BCUT2D eigenvalue weighted by Gasteiger charge is 2.16. The number of carboxylic acid groups (broad SMARTS) is 1. The lowest BCUT2D eigenvalue weighted by Gasteiger charge is -2.11. The van der Waals surface area contributed by atoms with Crippen LogP contribution in [0.25, 0.3) is 0 Å². The summed E-state index contributed by atoms with van der Waals surface area (Å²) in [6.07, 6.45) is 1.50. The normalized spacial score (nSPS) is 10.2. The van der Waals surface area contributed by atoms with E-state index in [1.54, 1.807) is 32.2 Å². The molecule has 2 rings (SSSR count). The van der Waals surface area contributed by atoms with Crippen molar-refractivity contribution in [3.8, 4) is 0 Å². The molecule has 0 fully saturated rings. The van der Waals surface area contributed by atoms with Gasteiger partial charge in [-0.2, -0.15) is 5.10 Å². The minimum Gasteiger partial charge on any atom is -0.478 e. The summed E-state index contributed by atoms with van der Waals surface area (Å²) < 4.78 is 1.42. The summed E-state index contributed by atoms with van der Waals surface area (Å²) in [6.45, 7) is 1.74. The summed E-state index contributed by atoms with van der Waals surface area (Å²) in [7, 11) is 1.64. The average molecular weight is 259 g/mol. The number of rotatable bonds is 3. The van der Waals surface area contributed by atoms with E-state index in [0.717, 1.165) is 0 Å². The Kier molecular flexibility index (Phi) is 3.33. The molecule has 0 spiro atoms. The lowest BCUT2D eigenvalue weighted by molar-refractivity contribution is 0.0698. The van der Waals surface area contributed by atoms with E-state index in [1.165, 1.54) is 16.9 Å². The fourth-order valence-corrected chi connectivity index (χ4v) is 1.79.